The molecule has 1 N–H and O–H groups in total. The summed E-state index contributed by atoms with van der Waals surface area (Å²) in [5.74, 6) is 0.548. The molecule has 6 heteroatoms. The lowest BCUT2D eigenvalue weighted by Crippen LogP contribution is -2.17. The first-order valence-electron chi connectivity index (χ1n) is 5.51. The predicted molar refractivity (Wildman–Crippen MR) is 66.1 cm³/mol. The van der Waals surface area contributed by atoms with E-state index in [9.17, 15) is 13.2 Å². The van der Waals surface area contributed by atoms with Gasteiger partial charge in [0, 0.05) is 0 Å². The summed E-state index contributed by atoms with van der Waals surface area (Å²) in [6.45, 7) is 0. The third-order valence-corrected chi connectivity index (χ3v) is 2.94. The van der Waals surface area contributed by atoms with Crippen LogP contribution in [0.4, 0.5) is 13.2 Å². The molecule has 0 aliphatic rings. The number of nitrogens with one attached hydrogen (secondary N) is 1. The average Bonchev–Trinajstić information content (AvgIpc) is 2.76. The van der Waals surface area contributed by atoms with Crippen molar-refractivity contribution in [3.63, 3.8) is 0 Å². The summed E-state index contributed by atoms with van der Waals surface area (Å²) in [6.07, 6.45) is -4.33. The molecule has 102 valence electrons. The Balaban J connectivity index is 2.30. The highest BCUT2D eigenvalue weighted by atomic mass is 35.5. The van der Waals surface area contributed by atoms with Crippen molar-refractivity contribution in [2.24, 2.45) is 0 Å². The highest BCUT2D eigenvalue weighted by molar-refractivity contribution is 6.28. The maximum absolute atomic E-state index is 12.5. The molecule has 0 fully saturated rings. The van der Waals surface area contributed by atoms with Gasteiger partial charge in [-0.25, -0.2) is 0 Å². The zero-order valence-corrected chi connectivity index (χ0v) is 10.7. The lowest BCUT2D eigenvalue weighted by molar-refractivity contribution is -0.137. The first kappa shape index (κ1) is 14.0. The van der Waals surface area contributed by atoms with Gasteiger partial charge in [0.15, 0.2) is 5.22 Å². The molecule has 1 aromatic carbocycles. The Labute approximate surface area is 113 Å². The van der Waals surface area contributed by atoms with E-state index >= 15 is 0 Å². The second-order valence-electron chi connectivity index (χ2n) is 3.98. The van der Waals surface area contributed by atoms with E-state index < -0.39 is 11.7 Å². The summed E-state index contributed by atoms with van der Waals surface area (Å²) in [4.78, 5) is 0. The maximum atomic E-state index is 12.5. The van der Waals surface area contributed by atoms with E-state index in [1.807, 2.05) is 0 Å². The van der Waals surface area contributed by atoms with Gasteiger partial charge in [-0.2, -0.15) is 13.2 Å². The monoisotopic (exact) mass is 289 g/mol. The second kappa shape index (κ2) is 5.27. The van der Waals surface area contributed by atoms with Crippen molar-refractivity contribution in [3.05, 3.63) is 58.5 Å². The molecule has 1 heterocycles. The molecule has 2 aromatic rings. The highest BCUT2D eigenvalue weighted by Crippen LogP contribution is 2.31. The van der Waals surface area contributed by atoms with Gasteiger partial charge in [0.25, 0.3) is 0 Å². The van der Waals surface area contributed by atoms with Gasteiger partial charge in [0.05, 0.1) is 11.6 Å². The van der Waals surface area contributed by atoms with Crippen LogP contribution in [0.15, 0.2) is 40.8 Å². The molecular formula is C13H11ClF3NO. The van der Waals surface area contributed by atoms with Gasteiger partial charge in [0.2, 0.25) is 0 Å². The average molecular weight is 290 g/mol. The maximum Gasteiger partial charge on any atom is 0.416 e. The fraction of sp³-hybridized carbons (Fsp3) is 0.231. The van der Waals surface area contributed by atoms with Gasteiger partial charge in [0.1, 0.15) is 5.76 Å². The summed E-state index contributed by atoms with van der Waals surface area (Å²) < 4.78 is 42.7. The Morgan fingerprint density at radius 2 is 1.74 bits per heavy atom. The summed E-state index contributed by atoms with van der Waals surface area (Å²) in [6, 6.07) is 7.86. The molecule has 19 heavy (non-hydrogen) atoms. The zero-order chi connectivity index (χ0) is 14.0. The Morgan fingerprint density at radius 1 is 1.11 bits per heavy atom. The second-order valence-corrected chi connectivity index (χ2v) is 4.36. The fourth-order valence-corrected chi connectivity index (χ4v) is 1.97. The van der Waals surface area contributed by atoms with Crippen LogP contribution in [0.25, 0.3) is 0 Å². The van der Waals surface area contributed by atoms with Crippen LogP contribution in [-0.4, -0.2) is 7.05 Å². The fourth-order valence-electron chi connectivity index (χ4n) is 1.82. The molecule has 0 bridgehead atoms. The van der Waals surface area contributed by atoms with E-state index in [0.29, 0.717) is 11.3 Å². The first-order chi connectivity index (χ1) is 8.91. The van der Waals surface area contributed by atoms with Crippen molar-refractivity contribution < 1.29 is 17.6 Å². The summed E-state index contributed by atoms with van der Waals surface area (Å²) in [5, 5.41) is 3.21. The number of halogens is 4. The minimum Gasteiger partial charge on any atom is -0.448 e. The third kappa shape index (κ3) is 3.11. The van der Waals surface area contributed by atoms with Crippen molar-refractivity contribution in [1.29, 1.82) is 0 Å². The Morgan fingerprint density at radius 3 is 2.16 bits per heavy atom. The van der Waals surface area contributed by atoms with Crippen LogP contribution in [0.1, 0.15) is 22.9 Å². The van der Waals surface area contributed by atoms with E-state index in [1.165, 1.54) is 12.1 Å². The van der Waals surface area contributed by atoms with Crippen LogP contribution in [0.5, 0.6) is 0 Å². The van der Waals surface area contributed by atoms with Gasteiger partial charge >= 0.3 is 6.18 Å². The molecule has 2 nitrogen and oxygen atoms in total. The molecule has 0 amide bonds. The van der Waals surface area contributed by atoms with Crippen molar-refractivity contribution in [2.45, 2.75) is 12.2 Å². The normalized spacial score (nSPS) is 13.5. The molecule has 0 aliphatic heterocycles. The summed E-state index contributed by atoms with van der Waals surface area (Å²) in [5.41, 5.74) is -0.00917. The summed E-state index contributed by atoms with van der Waals surface area (Å²) in [7, 11) is 1.69. The van der Waals surface area contributed by atoms with E-state index in [0.717, 1.165) is 12.1 Å². The molecular weight excluding hydrogens is 279 g/mol. The topological polar surface area (TPSA) is 25.2 Å². The van der Waals surface area contributed by atoms with Crippen LogP contribution < -0.4 is 5.32 Å². The standard InChI is InChI=1S/C13H11ClF3NO/c1-18-12(10-6-7-11(14)19-10)8-2-4-9(5-3-8)13(15,16)17/h2-7,12,18H,1H3. The zero-order valence-electron chi connectivity index (χ0n) is 9.96. The van der Waals surface area contributed by atoms with Gasteiger partial charge in [-0.15, -0.1) is 0 Å². The minimum absolute atomic E-state index is 0.238. The number of hydrogen-bond acceptors (Lipinski definition) is 2. The molecule has 0 aliphatic carbocycles. The first-order valence-corrected chi connectivity index (χ1v) is 5.89. The van der Waals surface area contributed by atoms with Gasteiger partial charge < -0.3 is 9.73 Å². The van der Waals surface area contributed by atoms with Crippen LogP contribution >= 0.6 is 11.6 Å². The predicted octanol–water partition coefficient (Wildman–Crippen LogP) is 4.26. The van der Waals surface area contributed by atoms with Crippen LogP contribution in [0.3, 0.4) is 0 Å². The van der Waals surface area contributed by atoms with Crippen molar-refractivity contribution in [2.75, 3.05) is 7.05 Å². The lowest BCUT2D eigenvalue weighted by Gasteiger charge is -2.15. The number of hydrogen-bond donors (Lipinski definition) is 1. The van der Waals surface area contributed by atoms with Gasteiger partial charge in [-0.3, -0.25) is 0 Å². The lowest BCUT2D eigenvalue weighted by atomic mass is 10.0. The molecule has 0 saturated carbocycles. The van der Waals surface area contributed by atoms with Crippen molar-refractivity contribution >= 4 is 11.6 Å². The Kier molecular flexibility index (Phi) is 3.87. The largest absolute Gasteiger partial charge is 0.448 e. The van der Waals surface area contributed by atoms with Crippen LogP contribution in [0, 0.1) is 0 Å². The molecule has 2 rings (SSSR count). The molecule has 1 aromatic heterocycles. The molecule has 0 radical (unpaired) electrons. The number of rotatable bonds is 3. The molecule has 0 saturated heterocycles. The minimum atomic E-state index is -4.33. The van der Waals surface area contributed by atoms with Gasteiger partial charge in [-0.1, -0.05) is 12.1 Å². The van der Waals surface area contributed by atoms with E-state index in [-0.39, 0.29) is 11.3 Å². The molecule has 1 unspecified atom stereocenters. The van der Waals surface area contributed by atoms with E-state index in [4.69, 9.17) is 16.0 Å². The van der Waals surface area contributed by atoms with E-state index in [2.05, 4.69) is 5.32 Å². The van der Waals surface area contributed by atoms with Gasteiger partial charge in [-0.05, 0) is 48.5 Å². The Bertz CT molecular complexity index is 548. The Hall–Kier alpha value is -1.46. The number of benzene rings is 1. The summed E-state index contributed by atoms with van der Waals surface area (Å²) >= 11 is 5.69. The quantitative estimate of drug-likeness (QED) is 0.913. The number of alkyl halides is 3. The molecule has 1 atom stereocenters. The van der Waals surface area contributed by atoms with Crippen LogP contribution in [0.2, 0.25) is 5.22 Å². The van der Waals surface area contributed by atoms with E-state index in [1.54, 1.807) is 19.2 Å². The van der Waals surface area contributed by atoms with Crippen LogP contribution in [-0.2, 0) is 6.18 Å². The van der Waals surface area contributed by atoms with Crippen molar-refractivity contribution in [1.82, 2.24) is 5.32 Å². The number of furan rings is 1. The molecule has 0 spiro atoms. The SMILES string of the molecule is CNC(c1ccc(C(F)(F)F)cc1)c1ccc(Cl)o1. The van der Waals surface area contributed by atoms with Crippen molar-refractivity contribution in [3.8, 4) is 0 Å². The smallest absolute Gasteiger partial charge is 0.416 e. The highest BCUT2D eigenvalue weighted by Gasteiger charge is 2.30. The third-order valence-electron chi connectivity index (χ3n) is 2.74.